The first-order chi connectivity index (χ1) is 22.4. The van der Waals surface area contributed by atoms with Crippen molar-refractivity contribution in [1.82, 2.24) is 0 Å². The number of carbonyl (C=O) groups is 1. The molecule has 5 aliphatic rings. The van der Waals surface area contributed by atoms with Crippen LogP contribution in [0.25, 0.3) is 0 Å². The SMILES string of the molecule is COc1cc([C@@H]2c3cc4c(cc3[C@@H](O[C@@H]3CC5COC(c6ccc[te]6)O[C@H]5[C@H](O)C3O)[C@H]3COC(=O)C23)OCO4)cc(CO)c1O. The first-order valence-corrected chi connectivity index (χ1v) is 17.8. The number of hydrogen-bond donors (Lipinski definition) is 4. The van der Waals surface area contributed by atoms with Crippen LogP contribution >= 0.6 is 0 Å². The van der Waals surface area contributed by atoms with E-state index in [-0.39, 0.29) is 36.4 Å². The molecule has 13 heteroatoms. The van der Waals surface area contributed by atoms with Crippen molar-refractivity contribution in [3.8, 4) is 23.0 Å². The van der Waals surface area contributed by atoms with Gasteiger partial charge in [-0.2, -0.15) is 0 Å². The molecule has 0 radical (unpaired) electrons. The molecule has 0 spiro atoms. The molecule has 2 aliphatic carbocycles. The standard InChI is InChI=1S/C33H34O12Te/c1-39-22-6-14(5-15(10-34)27(22)35)25-17-8-20-21(43-13-42-20)9-18(17)31(19-12-40-32(38)26(19)25)44-23-7-16-11-41-33(24-3-2-4-46-24)45-30(16)29(37)28(23)36/h2-6,8-9,16,19,23,25-26,28-31,33-37H,7,10-13H2,1H3/t16?,19-,23+,25+,26?,28?,29+,30+,31+,33?/m0/s1. The molecule has 10 atom stereocenters. The number of hydrogen-bond acceptors (Lipinski definition) is 12. The van der Waals surface area contributed by atoms with Gasteiger partial charge in [-0.25, -0.2) is 0 Å². The molecule has 12 nitrogen and oxygen atoms in total. The summed E-state index contributed by atoms with van der Waals surface area (Å²) < 4.78 is 44.8. The number of esters is 1. The third kappa shape index (κ3) is 4.91. The average molecular weight is 750 g/mol. The van der Waals surface area contributed by atoms with Crippen molar-refractivity contribution in [2.24, 2.45) is 17.8 Å². The number of cyclic esters (lactones) is 1. The van der Waals surface area contributed by atoms with Crippen LogP contribution in [0.3, 0.4) is 0 Å². The molecule has 46 heavy (non-hydrogen) atoms. The Hall–Kier alpha value is -2.86. The zero-order chi connectivity index (χ0) is 31.7. The molecular weight excluding hydrogens is 716 g/mol. The van der Waals surface area contributed by atoms with Gasteiger partial charge in [-0.3, -0.25) is 4.79 Å². The van der Waals surface area contributed by atoms with Crippen molar-refractivity contribution in [2.75, 3.05) is 27.1 Å². The Morgan fingerprint density at radius 3 is 2.57 bits per heavy atom. The molecule has 8 rings (SSSR count). The van der Waals surface area contributed by atoms with Gasteiger partial charge in [-0.05, 0) is 17.7 Å². The van der Waals surface area contributed by atoms with Crippen LogP contribution in [0.1, 0.15) is 50.6 Å². The molecule has 0 amide bonds. The second-order valence-electron chi connectivity index (χ2n) is 12.4. The molecule has 1 aromatic heterocycles. The number of ether oxygens (including phenoxy) is 7. The number of carbonyl (C=O) groups excluding carboxylic acids is 1. The van der Waals surface area contributed by atoms with Crippen LogP contribution in [-0.2, 0) is 30.3 Å². The molecular formula is C33H34O12Te. The number of aliphatic hydroxyl groups excluding tert-OH is 3. The van der Waals surface area contributed by atoms with Crippen LogP contribution in [0.15, 0.2) is 40.5 Å². The summed E-state index contributed by atoms with van der Waals surface area (Å²) >= 11 is -0.504. The molecule has 1 saturated carbocycles. The van der Waals surface area contributed by atoms with Crippen LogP contribution in [0.2, 0.25) is 0 Å². The average Bonchev–Trinajstić information content (AvgIpc) is 3.85. The maximum Gasteiger partial charge on any atom is 0.231 e. The van der Waals surface area contributed by atoms with Gasteiger partial charge in [-0.1, -0.05) is 0 Å². The Kier molecular flexibility index (Phi) is 7.94. The quantitative estimate of drug-likeness (QED) is 0.214. The van der Waals surface area contributed by atoms with Crippen LogP contribution in [0.4, 0.5) is 0 Å². The topological polar surface area (TPSA) is 163 Å². The van der Waals surface area contributed by atoms with Crippen LogP contribution in [-0.4, -0.2) is 98.4 Å². The van der Waals surface area contributed by atoms with E-state index in [4.69, 9.17) is 33.2 Å². The number of benzene rings is 2. The molecule has 0 bridgehead atoms. The third-order valence-corrected chi connectivity index (χ3v) is 12.5. The molecule has 4 unspecified atom stereocenters. The molecule has 3 fully saturated rings. The van der Waals surface area contributed by atoms with Crippen LogP contribution < -0.4 is 14.2 Å². The van der Waals surface area contributed by atoms with Gasteiger partial charge in [0.25, 0.3) is 0 Å². The molecule has 4 heterocycles. The van der Waals surface area contributed by atoms with E-state index in [2.05, 4.69) is 4.08 Å². The van der Waals surface area contributed by atoms with E-state index < -0.39 is 87.6 Å². The zero-order valence-corrected chi connectivity index (χ0v) is 27.1. The number of fused-ring (bicyclic) bond motifs is 4. The maximum atomic E-state index is 13.5. The summed E-state index contributed by atoms with van der Waals surface area (Å²) in [5.74, 6) is -1.30. The minimum absolute atomic E-state index is 0.0396. The van der Waals surface area contributed by atoms with E-state index in [1.54, 1.807) is 12.1 Å². The van der Waals surface area contributed by atoms with Crippen molar-refractivity contribution in [1.29, 1.82) is 0 Å². The second kappa shape index (κ2) is 12.0. The van der Waals surface area contributed by atoms with Gasteiger partial charge >= 0.3 is 184 Å². The van der Waals surface area contributed by atoms with E-state index in [9.17, 15) is 25.2 Å². The van der Waals surface area contributed by atoms with Crippen molar-refractivity contribution >= 4 is 26.4 Å². The van der Waals surface area contributed by atoms with E-state index in [0.717, 1.165) is 14.7 Å². The molecule has 2 saturated heterocycles. The molecule has 2 aromatic carbocycles. The van der Waals surface area contributed by atoms with Crippen molar-refractivity contribution < 1.29 is 58.4 Å². The van der Waals surface area contributed by atoms with Crippen molar-refractivity contribution in [3.63, 3.8) is 0 Å². The van der Waals surface area contributed by atoms with Gasteiger partial charge in [0.15, 0.2) is 17.2 Å². The molecule has 3 aliphatic heterocycles. The Bertz CT molecular complexity index is 1600. The molecule has 244 valence electrons. The van der Waals surface area contributed by atoms with Gasteiger partial charge < -0.3 is 24.4 Å². The third-order valence-electron chi connectivity index (χ3n) is 9.95. The predicted molar refractivity (Wildman–Crippen MR) is 158 cm³/mol. The maximum absolute atomic E-state index is 13.5. The molecule has 4 N–H and O–H groups in total. The first-order valence-electron chi connectivity index (χ1n) is 15.3. The van der Waals surface area contributed by atoms with Crippen LogP contribution in [0, 0.1) is 17.8 Å². The molecule has 3 aromatic rings. The summed E-state index contributed by atoms with van der Waals surface area (Å²) in [5.41, 5.74) is 2.36. The Morgan fingerprint density at radius 2 is 1.83 bits per heavy atom. The van der Waals surface area contributed by atoms with Crippen molar-refractivity contribution in [2.45, 2.75) is 55.8 Å². The Labute approximate surface area is 273 Å². The van der Waals surface area contributed by atoms with Gasteiger partial charge in [0.05, 0.1) is 13.7 Å². The Morgan fingerprint density at radius 1 is 1.02 bits per heavy atom. The number of rotatable bonds is 6. The van der Waals surface area contributed by atoms with Crippen molar-refractivity contribution in [3.05, 3.63) is 66.3 Å². The number of methoxy groups -OCH3 is 1. The summed E-state index contributed by atoms with van der Waals surface area (Å²) in [5, 5.41) is 43.3. The fourth-order valence-electron chi connectivity index (χ4n) is 7.74. The number of aromatic hydroxyl groups is 1. The van der Waals surface area contributed by atoms with Gasteiger partial charge in [0.2, 0.25) is 6.79 Å². The summed E-state index contributed by atoms with van der Waals surface area (Å²) in [4.78, 5) is 13.5. The summed E-state index contributed by atoms with van der Waals surface area (Å²) in [6, 6.07) is 11.0. The number of phenols is 1. The fraction of sp³-hybridized carbons (Fsp3) is 0.485. The number of aliphatic hydroxyl groups is 3. The fourth-order valence-corrected chi connectivity index (χ4v) is 9.76. The summed E-state index contributed by atoms with van der Waals surface area (Å²) in [6.45, 7) is 0.0427. The minimum atomic E-state index is -1.24. The summed E-state index contributed by atoms with van der Waals surface area (Å²) in [7, 11) is 1.42. The van der Waals surface area contributed by atoms with E-state index in [0.29, 0.717) is 30.1 Å². The first kappa shape index (κ1) is 30.5. The van der Waals surface area contributed by atoms with Crippen LogP contribution in [0.5, 0.6) is 23.0 Å². The van der Waals surface area contributed by atoms with E-state index in [1.165, 1.54) is 7.11 Å². The van der Waals surface area contributed by atoms with Gasteiger partial charge in [0.1, 0.15) is 0 Å². The zero-order valence-electron chi connectivity index (χ0n) is 24.8. The largest absolute Gasteiger partial charge is 0.504 e. The normalized spacial score (nSPS) is 34.4. The van der Waals surface area contributed by atoms with Gasteiger partial charge in [0, 0.05) is 5.56 Å². The smallest absolute Gasteiger partial charge is 0.231 e. The minimum Gasteiger partial charge on any atom is -0.504 e. The second-order valence-corrected chi connectivity index (χ2v) is 15.2. The van der Waals surface area contributed by atoms with E-state index in [1.807, 2.05) is 24.3 Å². The predicted octanol–water partition coefficient (Wildman–Crippen LogP) is 1.90. The summed E-state index contributed by atoms with van der Waals surface area (Å²) in [6.07, 6.45) is -4.66. The Balaban J connectivity index is 1.16. The monoisotopic (exact) mass is 752 g/mol. The van der Waals surface area contributed by atoms with E-state index >= 15 is 0 Å². The van der Waals surface area contributed by atoms with Gasteiger partial charge in [-0.15, -0.1) is 0 Å².